The van der Waals surface area contributed by atoms with E-state index in [4.69, 9.17) is 10.5 Å². The third-order valence-electron chi connectivity index (χ3n) is 5.23. The number of benzene rings is 2. The molecule has 170 valence electrons. The smallest absolute Gasteiger partial charge is 0.273 e. The summed E-state index contributed by atoms with van der Waals surface area (Å²) >= 11 is 0. The molecule has 2 heterocycles. The number of nitrogens with one attached hydrogen (secondary N) is 1. The Bertz CT molecular complexity index is 1160. The molecule has 1 aliphatic rings. The number of carbonyl (C=O) groups is 1. The van der Waals surface area contributed by atoms with Crippen molar-refractivity contribution < 1.29 is 14.5 Å². The van der Waals surface area contributed by atoms with E-state index in [0.717, 1.165) is 31.9 Å². The number of non-ortho nitro benzene ring substituents is 1. The molecule has 0 saturated carbocycles. The first-order valence-corrected chi connectivity index (χ1v) is 10.3. The molecule has 11 heteroatoms. The molecule has 1 aromatic heterocycles. The van der Waals surface area contributed by atoms with E-state index in [1.165, 1.54) is 24.4 Å². The number of hydrogen-bond acceptors (Lipinski definition) is 9. The lowest BCUT2D eigenvalue weighted by Crippen LogP contribution is -2.44. The summed E-state index contributed by atoms with van der Waals surface area (Å²) < 4.78 is 5.61. The van der Waals surface area contributed by atoms with Crippen molar-refractivity contribution in [3.05, 3.63) is 70.5 Å². The molecule has 0 radical (unpaired) electrons. The Morgan fingerprint density at radius 1 is 1.15 bits per heavy atom. The van der Waals surface area contributed by atoms with Gasteiger partial charge in [-0.05, 0) is 37.4 Å². The highest BCUT2D eigenvalue weighted by molar-refractivity contribution is 5.96. The standard InChI is InChI=1S/C22H23N7O4/c1-27-9-11-28(12-10-27)16-7-5-15(6-8-16)25-22-20(21(23)30)24-14-19(26-22)33-18-4-2-3-17(13-18)29(31)32/h2-8,13-14H,9-12H2,1H3,(H2,23,30)(H,25,26). The Morgan fingerprint density at radius 2 is 1.88 bits per heavy atom. The van der Waals surface area contributed by atoms with Gasteiger partial charge in [0, 0.05) is 43.6 Å². The van der Waals surface area contributed by atoms with E-state index >= 15 is 0 Å². The Balaban J connectivity index is 1.53. The number of anilines is 3. The van der Waals surface area contributed by atoms with Crippen LogP contribution in [0.3, 0.4) is 0 Å². The number of nitrogens with zero attached hydrogens (tertiary/aromatic N) is 5. The second kappa shape index (κ2) is 9.49. The Hall–Kier alpha value is -4.25. The van der Waals surface area contributed by atoms with Crippen LogP contribution in [-0.4, -0.2) is 58.9 Å². The SMILES string of the molecule is CN1CCN(c2ccc(Nc3nc(Oc4cccc([N+](=O)[O-])c4)cnc3C(N)=O)cc2)CC1. The molecule has 1 fully saturated rings. The van der Waals surface area contributed by atoms with Gasteiger partial charge in [-0.2, -0.15) is 4.98 Å². The van der Waals surface area contributed by atoms with Crippen molar-refractivity contribution in [1.29, 1.82) is 0 Å². The van der Waals surface area contributed by atoms with Crippen LogP contribution < -0.4 is 20.7 Å². The highest BCUT2D eigenvalue weighted by Gasteiger charge is 2.17. The van der Waals surface area contributed by atoms with Crippen LogP contribution in [0, 0.1) is 10.1 Å². The van der Waals surface area contributed by atoms with Gasteiger partial charge in [0.2, 0.25) is 5.88 Å². The molecule has 11 nitrogen and oxygen atoms in total. The van der Waals surface area contributed by atoms with Crippen LogP contribution in [0.4, 0.5) is 22.9 Å². The highest BCUT2D eigenvalue weighted by Crippen LogP contribution is 2.27. The van der Waals surface area contributed by atoms with Gasteiger partial charge >= 0.3 is 0 Å². The minimum Gasteiger partial charge on any atom is -0.437 e. The highest BCUT2D eigenvalue weighted by atomic mass is 16.6. The number of rotatable bonds is 7. The topological polar surface area (TPSA) is 140 Å². The molecule has 0 atom stereocenters. The van der Waals surface area contributed by atoms with E-state index in [0.29, 0.717) is 5.69 Å². The van der Waals surface area contributed by atoms with E-state index in [-0.39, 0.29) is 28.8 Å². The number of nitro groups is 1. The molecule has 0 spiro atoms. The van der Waals surface area contributed by atoms with Gasteiger partial charge < -0.3 is 25.6 Å². The second-order valence-corrected chi connectivity index (χ2v) is 7.59. The zero-order valence-electron chi connectivity index (χ0n) is 18.0. The lowest BCUT2D eigenvalue weighted by molar-refractivity contribution is -0.384. The summed E-state index contributed by atoms with van der Waals surface area (Å²) in [5.74, 6) is -0.358. The third-order valence-corrected chi connectivity index (χ3v) is 5.23. The van der Waals surface area contributed by atoms with Gasteiger partial charge in [0.15, 0.2) is 11.5 Å². The maximum atomic E-state index is 11.8. The summed E-state index contributed by atoms with van der Waals surface area (Å²) in [7, 11) is 2.11. The molecule has 1 saturated heterocycles. The molecule has 2 aromatic carbocycles. The molecule has 4 rings (SSSR count). The number of piperazine rings is 1. The normalized spacial score (nSPS) is 14.0. The minimum absolute atomic E-state index is 0.0514. The first-order chi connectivity index (χ1) is 15.9. The van der Waals surface area contributed by atoms with E-state index in [9.17, 15) is 14.9 Å². The van der Waals surface area contributed by atoms with Crippen molar-refractivity contribution in [2.75, 3.05) is 43.4 Å². The number of nitrogens with two attached hydrogens (primary N) is 1. The maximum absolute atomic E-state index is 11.8. The van der Waals surface area contributed by atoms with Gasteiger partial charge in [-0.1, -0.05) is 6.07 Å². The van der Waals surface area contributed by atoms with Crippen molar-refractivity contribution in [3.8, 4) is 11.6 Å². The average molecular weight is 449 g/mol. The zero-order valence-corrected chi connectivity index (χ0v) is 18.0. The van der Waals surface area contributed by atoms with Crippen molar-refractivity contribution >= 4 is 28.8 Å². The van der Waals surface area contributed by atoms with Crippen LogP contribution in [-0.2, 0) is 0 Å². The molecule has 3 N–H and O–H groups in total. The molecule has 1 aliphatic heterocycles. The van der Waals surface area contributed by atoms with Crippen molar-refractivity contribution in [1.82, 2.24) is 14.9 Å². The predicted molar refractivity (Wildman–Crippen MR) is 123 cm³/mol. The fourth-order valence-electron chi connectivity index (χ4n) is 3.43. The fraction of sp³-hybridized carbons (Fsp3) is 0.227. The first kappa shape index (κ1) is 22.0. The Morgan fingerprint density at radius 3 is 2.55 bits per heavy atom. The number of carbonyl (C=O) groups excluding carboxylic acids is 1. The fourth-order valence-corrected chi connectivity index (χ4v) is 3.43. The molecular weight excluding hydrogens is 426 g/mol. The summed E-state index contributed by atoms with van der Waals surface area (Å²) in [5, 5.41) is 14.0. The summed E-state index contributed by atoms with van der Waals surface area (Å²) in [5.41, 5.74) is 7.08. The first-order valence-electron chi connectivity index (χ1n) is 10.3. The molecule has 3 aromatic rings. The van der Waals surface area contributed by atoms with Crippen LogP contribution in [0.2, 0.25) is 0 Å². The van der Waals surface area contributed by atoms with Gasteiger partial charge in [0.25, 0.3) is 11.6 Å². The van der Waals surface area contributed by atoms with Crippen LogP contribution >= 0.6 is 0 Å². The second-order valence-electron chi connectivity index (χ2n) is 7.59. The van der Waals surface area contributed by atoms with E-state index in [1.54, 1.807) is 6.07 Å². The molecule has 0 unspecified atom stereocenters. The molecule has 0 aliphatic carbocycles. The van der Waals surface area contributed by atoms with Crippen molar-refractivity contribution in [2.24, 2.45) is 5.73 Å². The van der Waals surface area contributed by atoms with E-state index in [1.807, 2.05) is 24.3 Å². The lowest BCUT2D eigenvalue weighted by atomic mass is 10.2. The summed E-state index contributed by atoms with van der Waals surface area (Å²) in [6.07, 6.45) is 1.24. The van der Waals surface area contributed by atoms with E-state index < -0.39 is 10.8 Å². The number of aromatic nitrogens is 2. The Labute approximate surface area is 190 Å². The third kappa shape index (κ3) is 5.33. The lowest BCUT2D eigenvalue weighted by Gasteiger charge is -2.34. The van der Waals surface area contributed by atoms with Crippen LogP contribution in [0.1, 0.15) is 10.5 Å². The number of nitro benzene ring substituents is 1. The zero-order chi connectivity index (χ0) is 23.4. The quantitative estimate of drug-likeness (QED) is 0.411. The molecule has 1 amide bonds. The number of ether oxygens (including phenoxy) is 1. The van der Waals surface area contributed by atoms with Crippen LogP contribution in [0.15, 0.2) is 54.7 Å². The van der Waals surface area contributed by atoms with Gasteiger partial charge in [-0.25, -0.2) is 4.98 Å². The van der Waals surface area contributed by atoms with Crippen LogP contribution in [0.25, 0.3) is 0 Å². The van der Waals surface area contributed by atoms with Crippen LogP contribution in [0.5, 0.6) is 11.6 Å². The maximum Gasteiger partial charge on any atom is 0.273 e. The minimum atomic E-state index is -0.749. The summed E-state index contributed by atoms with van der Waals surface area (Å²) in [6, 6.07) is 13.4. The van der Waals surface area contributed by atoms with Gasteiger partial charge in [-0.15, -0.1) is 0 Å². The largest absolute Gasteiger partial charge is 0.437 e. The van der Waals surface area contributed by atoms with Crippen molar-refractivity contribution in [2.45, 2.75) is 0 Å². The Kier molecular flexibility index (Phi) is 6.31. The van der Waals surface area contributed by atoms with Gasteiger partial charge in [-0.3, -0.25) is 14.9 Å². The number of likely N-dealkylation sites (N-methyl/N-ethyl adjacent to an activating group) is 1. The number of hydrogen-bond donors (Lipinski definition) is 2. The summed E-state index contributed by atoms with van der Waals surface area (Å²) in [4.78, 5) is 35.3. The van der Waals surface area contributed by atoms with Gasteiger partial charge in [0.1, 0.15) is 5.75 Å². The average Bonchev–Trinajstić information content (AvgIpc) is 2.80. The van der Waals surface area contributed by atoms with E-state index in [2.05, 4.69) is 32.1 Å². The number of primary amides is 1. The number of amides is 1. The molecule has 0 bridgehead atoms. The predicted octanol–water partition coefficient (Wildman–Crippen LogP) is 2.77. The monoisotopic (exact) mass is 449 g/mol. The van der Waals surface area contributed by atoms with Crippen molar-refractivity contribution in [3.63, 3.8) is 0 Å². The molecule has 33 heavy (non-hydrogen) atoms. The summed E-state index contributed by atoms with van der Waals surface area (Å²) in [6.45, 7) is 3.93. The van der Waals surface area contributed by atoms with Gasteiger partial charge in [0.05, 0.1) is 17.2 Å². The molecular formula is C22H23N7O4.